The van der Waals surface area contributed by atoms with Gasteiger partial charge in [-0.3, -0.25) is 14.6 Å². The minimum absolute atomic E-state index is 0.157. The fourth-order valence-corrected chi connectivity index (χ4v) is 16.1. The smallest absolute Gasteiger partial charge is 0.408 e. The van der Waals surface area contributed by atoms with Crippen LogP contribution in [0.15, 0.2) is 54.7 Å². The summed E-state index contributed by atoms with van der Waals surface area (Å²) in [5.41, 5.74) is 10.1. The second kappa shape index (κ2) is 20.0. The maximum Gasteiger partial charge on any atom is 0.408 e. The first kappa shape index (κ1) is 50.0. The Kier molecular flexibility index (Phi) is 14.9. The lowest BCUT2D eigenvalue weighted by molar-refractivity contribution is -0.155. The number of alkyl carbamates (subject to hydrolysis) is 1. The van der Waals surface area contributed by atoms with Gasteiger partial charge in [-0.05, 0) is 129 Å². The summed E-state index contributed by atoms with van der Waals surface area (Å²) in [6, 6.07) is 15.6. The Morgan fingerprint density at radius 3 is 2.24 bits per heavy atom. The van der Waals surface area contributed by atoms with Crippen molar-refractivity contribution in [1.29, 1.82) is 0 Å². The first-order valence-corrected chi connectivity index (χ1v) is 26.8. The van der Waals surface area contributed by atoms with E-state index < -0.39 is 43.5 Å². The molecule has 2 amide bonds. The van der Waals surface area contributed by atoms with Crippen LogP contribution in [-0.4, -0.2) is 110 Å². The van der Waals surface area contributed by atoms with Crippen molar-refractivity contribution < 1.29 is 28.3 Å². The summed E-state index contributed by atoms with van der Waals surface area (Å²) in [5.74, 6) is 0.969. The second-order valence-electron chi connectivity index (χ2n) is 21.9. The third-order valence-electron chi connectivity index (χ3n) is 14.1. The molecule has 14 heteroatoms. The number of pyridine rings is 1. The molecule has 364 valence electrons. The molecular weight excluding hydrogens is 859 g/mol. The number of benzene rings is 2. The van der Waals surface area contributed by atoms with Crippen LogP contribution in [0, 0.1) is 5.41 Å². The summed E-state index contributed by atoms with van der Waals surface area (Å²) in [6.45, 7) is 30.7. The van der Waals surface area contributed by atoms with Crippen LogP contribution in [0.3, 0.4) is 0 Å². The molecule has 2 saturated heterocycles. The van der Waals surface area contributed by atoms with Crippen LogP contribution < -0.4 is 20.1 Å². The lowest BCUT2D eigenvalue weighted by atomic mass is 9.84. The van der Waals surface area contributed by atoms with Gasteiger partial charge in [0.05, 0.1) is 12.3 Å². The van der Waals surface area contributed by atoms with Crippen LogP contribution >= 0.6 is 0 Å². The molecule has 0 aliphatic carbocycles. The van der Waals surface area contributed by atoms with Gasteiger partial charge in [0.15, 0.2) is 0 Å². The van der Waals surface area contributed by atoms with E-state index >= 15 is 0 Å². The zero-order valence-corrected chi connectivity index (χ0v) is 43.5. The number of fused-ring (bicyclic) bond motifs is 6. The number of amides is 2. The fraction of sp³-hybridized carbons (Fsp3) is 0.585. The molecule has 67 heavy (non-hydrogen) atoms. The summed E-state index contributed by atoms with van der Waals surface area (Å²) in [7, 11) is -0.283. The highest BCUT2D eigenvalue weighted by molar-refractivity contribution is 6.78. The van der Waals surface area contributed by atoms with E-state index in [1.165, 1.54) is 10.6 Å². The number of hydrogen-bond donors (Lipinski definition) is 2. The van der Waals surface area contributed by atoms with Gasteiger partial charge in [0, 0.05) is 73.8 Å². The van der Waals surface area contributed by atoms with E-state index in [2.05, 4.69) is 143 Å². The van der Waals surface area contributed by atoms with Gasteiger partial charge < -0.3 is 33.6 Å². The largest absolute Gasteiger partial charge is 0.543 e. The zero-order chi connectivity index (χ0) is 48.6. The zero-order valence-electron chi connectivity index (χ0n) is 42.5. The highest BCUT2D eigenvalue weighted by Crippen LogP contribution is 2.45. The average molecular weight is 936 g/mol. The van der Waals surface area contributed by atoms with Crippen LogP contribution in [0.2, 0.25) is 16.6 Å². The Morgan fingerprint density at radius 2 is 1.61 bits per heavy atom. The van der Waals surface area contributed by atoms with E-state index in [0.29, 0.717) is 42.4 Å². The first-order valence-electron chi connectivity index (χ1n) is 24.7. The summed E-state index contributed by atoms with van der Waals surface area (Å²) < 4.78 is 21.7. The third kappa shape index (κ3) is 11.0. The number of aromatic nitrogens is 2. The molecule has 0 radical (unpaired) electrons. The van der Waals surface area contributed by atoms with Crippen molar-refractivity contribution in [2.24, 2.45) is 5.41 Å². The Morgan fingerprint density at radius 1 is 0.925 bits per heavy atom. The number of carbonyl (C=O) groups is 3. The van der Waals surface area contributed by atoms with Gasteiger partial charge in [-0.15, -0.1) is 0 Å². The number of rotatable bonds is 9. The van der Waals surface area contributed by atoms with E-state index in [9.17, 15) is 14.4 Å². The number of esters is 1. The van der Waals surface area contributed by atoms with Gasteiger partial charge in [-0.25, -0.2) is 15.2 Å². The molecule has 4 aromatic rings. The van der Waals surface area contributed by atoms with Crippen molar-refractivity contribution in [2.45, 2.75) is 150 Å². The van der Waals surface area contributed by atoms with Gasteiger partial charge >= 0.3 is 12.1 Å². The van der Waals surface area contributed by atoms with Crippen molar-refractivity contribution in [1.82, 2.24) is 30.2 Å². The van der Waals surface area contributed by atoms with Crippen LogP contribution in [0.25, 0.3) is 33.3 Å². The van der Waals surface area contributed by atoms with Gasteiger partial charge in [0.1, 0.15) is 29.3 Å². The van der Waals surface area contributed by atoms with Gasteiger partial charge in [0.25, 0.3) is 14.2 Å². The molecule has 2 atom stereocenters. The van der Waals surface area contributed by atoms with Gasteiger partial charge in [0.2, 0.25) is 0 Å². The third-order valence-corrected chi connectivity index (χ3v) is 20.1. The van der Waals surface area contributed by atoms with Gasteiger partial charge in [-0.2, -0.15) is 0 Å². The maximum absolute atomic E-state index is 14.7. The fourth-order valence-electron chi connectivity index (χ4n) is 10.8. The number of carbonyl (C=O) groups excluding carboxylic acids is 3. The highest BCUT2D eigenvalue weighted by atomic mass is 28.4. The molecule has 5 heterocycles. The Bertz CT molecular complexity index is 2390. The number of likely N-dealkylation sites (N-methyl/N-ethyl adjacent to an activating group) is 1. The summed E-state index contributed by atoms with van der Waals surface area (Å²) in [6.07, 6.45) is 3.21. The topological polar surface area (TPSA) is 130 Å². The summed E-state index contributed by atoms with van der Waals surface area (Å²) >= 11 is 0. The Labute approximate surface area is 400 Å². The van der Waals surface area contributed by atoms with Crippen molar-refractivity contribution in [2.75, 3.05) is 51.3 Å². The van der Waals surface area contributed by atoms with Crippen molar-refractivity contribution in [3.63, 3.8) is 0 Å². The molecule has 7 rings (SSSR count). The standard InChI is InChI=1S/C53H77N7O6Si/c1-14-59-46-19-17-38-30-42(46)43(48(59)39-18-20-47(54-32-39)58-24-22-57(13)23-25-58)31-53(11,12)33-64-50(62)44-16-15-21-60(56-44)49(61)45(55-51(63)65-52(8,9)10)28-37-26-40(38)29-41(27-37)66-67(34(2)3,35(4)5)36(6)7/h17-20,26-27,29-30,32,34-36,44-45,56H,14-16,21-25,28,31,33H2,1-13H3,(H,55,63)/t44-,45-/m0/s1. The van der Waals surface area contributed by atoms with Crippen molar-refractivity contribution >= 4 is 43.0 Å². The molecule has 2 aromatic heterocycles. The van der Waals surface area contributed by atoms with Crippen molar-refractivity contribution in [3.8, 4) is 28.1 Å². The molecule has 3 aliphatic rings. The number of piperazine rings is 1. The molecule has 0 saturated carbocycles. The molecular formula is C53H77N7O6Si. The normalized spacial score (nSPS) is 20.1. The van der Waals surface area contributed by atoms with Crippen LogP contribution in [0.5, 0.6) is 5.75 Å². The maximum atomic E-state index is 14.7. The monoisotopic (exact) mass is 936 g/mol. The quantitative estimate of drug-likeness (QED) is 0.124. The lowest BCUT2D eigenvalue weighted by Gasteiger charge is -2.42. The average Bonchev–Trinajstić information content (AvgIpc) is 3.57. The second-order valence-corrected chi connectivity index (χ2v) is 27.3. The lowest BCUT2D eigenvalue weighted by Crippen LogP contribution is -2.60. The molecule has 0 unspecified atom stereocenters. The van der Waals surface area contributed by atoms with E-state index in [1.807, 2.05) is 6.20 Å². The predicted molar refractivity (Wildman–Crippen MR) is 271 cm³/mol. The molecule has 6 bridgehead atoms. The minimum Gasteiger partial charge on any atom is -0.543 e. The van der Waals surface area contributed by atoms with E-state index in [-0.39, 0.29) is 18.9 Å². The Balaban J connectivity index is 1.43. The van der Waals surface area contributed by atoms with E-state index in [0.717, 1.165) is 83.1 Å². The number of nitrogens with zero attached hydrogens (tertiary/aromatic N) is 5. The number of cyclic esters (lactones) is 1. The minimum atomic E-state index is -2.45. The molecule has 0 spiro atoms. The number of nitrogens with one attached hydrogen (secondary N) is 2. The summed E-state index contributed by atoms with van der Waals surface area (Å²) in [5, 5.41) is 5.52. The molecule has 2 N–H and O–H groups in total. The van der Waals surface area contributed by atoms with E-state index in [4.69, 9.17) is 18.9 Å². The summed E-state index contributed by atoms with van der Waals surface area (Å²) in [4.78, 5) is 51.9. The molecule has 2 fully saturated rings. The van der Waals surface area contributed by atoms with Crippen LogP contribution in [-0.2, 0) is 38.4 Å². The highest BCUT2D eigenvalue weighted by Gasteiger charge is 2.47. The molecule has 2 aromatic carbocycles. The van der Waals surface area contributed by atoms with Crippen LogP contribution in [0.4, 0.5) is 10.6 Å². The van der Waals surface area contributed by atoms with Crippen molar-refractivity contribution in [3.05, 3.63) is 65.9 Å². The SMILES string of the molecule is CCn1c(-c2ccc(N3CCN(C)CC3)nc2)c2c3cc(ccc31)-c1cc(cc(O[Si](C(C)C)(C(C)C)C(C)C)c1)C[C@H](NC(=O)OC(C)(C)C)C(=O)N1CCC[C@H](N1)C(=O)OCC(C)(C)C2. The number of anilines is 1. The first-order chi connectivity index (χ1) is 31.6. The van der Waals surface area contributed by atoms with Crippen LogP contribution in [0.1, 0.15) is 107 Å². The Hall–Kier alpha value is -4.92. The number of hydrazine groups is 1. The number of ether oxygens (including phenoxy) is 2. The predicted octanol–water partition coefficient (Wildman–Crippen LogP) is 9.75. The molecule has 3 aliphatic heterocycles. The van der Waals surface area contributed by atoms with E-state index in [1.54, 1.807) is 20.8 Å². The molecule has 13 nitrogen and oxygen atoms in total. The number of hydrogen-bond acceptors (Lipinski definition) is 10. The number of aryl methyl sites for hydroxylation is 1. The van der Waals surface area contributed by atoms with Gasteiger partial charge in [-0.1, -0.05) is 67.5 Å².